The van der Waals surface area contributed by atoms with Crippen LogP contribution in [0.4, 0.5) is 0 Å². The monoisotopic (exact) mass is 314 g/mol. The first-order chi connectivity index (χ1) is 10.6. The number of benzene rings is 2. The minimum absolute atomic E-state index is 0.126. The number of hydrazone groups is 1. The molecule has 2 N–H and O–H groups in total. The van der Waals surface area contributed by atoms with E-state index in [9.17, 15) is 9.90 Å². The number of nitrogens with one attached hydrogen (secondary N) is 1. The maximum absolute atomic E-state index is 11.7. The van der Waals surface area contributed by atoms with Gasteiger partial charge in [0.2, 0.25) is 5.91 Å². The Kier molecular flexibility index (Phi) is 6.03. The molecule has 0 spiro atoms. The molecule has 0 atom stereocenters. The van der Waals surface area contributed by atoms with E-state index in [4.69, 9.17) is 0 Å². The van der Waals surface area contributed by atoms with Gasteiger partial charge in [0.15, 0.2) is 0 Å². The Bertz CT molecular complexity index is 639. The normalized spacial score (nSPS) is 11.2. The van der Waals surface area contributed by atoms with Crippen molar-refractivity contribution in [2.75, 3.05) is 5.75 Å². The number of hydrogen-bond donors (Lipinski definition) is 2. The predicted octanol–water partition coefficient (Wildman–Crippen LogP) is 3.17. The molecule has 5 heteroatoms. The van der Waals surface area contributed by atoms with Crippen molar-refractivity contribution in [2.45, 2.75) is 12.7 Å². The van der Waals surface area contributed by atoms with Crippen molar-refractivity contribution in [1.29, 1.82) is 0 Å². The molecule has 0 aliphatic heterocycles. The lowest BCUT2D eigenvalue weighted by Crippen LogP contribution is -2.21. The highest BCUT2D eigenvalue weighted by molar-refractivity contribution is 7.99. The zero-order valence-corrected chi connectivity index (χ0v) is 13.1. The summed E-state index contributed by atoms with van der Waals surface area (Å²) in [7, 11) is 0. The molecule has 0 aliphatic carbocycles. The van der Waals surface area contributed by atoms with Crippen LogP contribution in [-0.4, -0.2) is 22.5 Å². The first-order valence-electron chi connectivity index (χ1n) is 6.89. The minimum Gasteiger partial charge on any atom is -0.508 e. The SMILES string of the molecule is C/C(=N/NC(=O)CSCc1ccccc1)c1ccc(O)cc1. The average Bonchev–Trinajstić information content (AvgIpc) is 2.54. The summed E-state index contributed by atoms with van der Waals surface area (Å²) in [6.07, 6.45) is 0. The Labute approximate surface area is 134 Å². The van der Waals surface area contributed by atoms with E-state index < -0.39 is 0 Å². The smallest absolute Gasteiger partial charge is 0.250 e. The van der Waals surface area contributed by atoms with Crippen molar-refractivity contribution >= 4 is 23.4 Å². The molecule has 0 bridgehead atoms. The number of aromatic hydroxyl groups is 1. The molecule has 2 aromatic rings. The molecule has 1 amide bonds. The van der Waals surface area contributed by atoms with Crippen LogP contribution in [0, 0.1) is 0 Å². The second-order valence-corrected chi connectivity index (χ2v) is 5.74. The van der Waals surface area contributed by atoms with Gasteiger partial charge in [-0.1, -0.05) is 30.3 Å². The second-order valence-electron chi connectivity index (χ2n) is 4.76. The van der Waals surface area contributed by atoms with Crippen molar-refractivity contribution in [3.8, 4) is 5.75 Å². The molecular weight excluding hydrogens is 296 g/mol. The fraction of sp³-hybridized carbons (Fsp3) is 0.176. The third-order valence-electron chi connectivity index (χ3n) is 2.98. The molecule has 0 aliphatic rings. The lowest BCUT2D eigenvalue weighted by molar-refractivity contribution is -0.118. The van der Waals surface area contributed by atoms with Gasteiger partial charge < -0.3 is 5.11 Å². The highest BCUT2D eigenvalue weighted by Gasteiger charge is 2.02. The number of rotatable bonds is 6. The van der Waals surface area contributed by atoms with Crippen LogP contribution in [0.2, 0.25) is 0 Å². The molecule has 22 heavy (non-hydrogen) atoms. The number of phenols is 1. The summed E-state index contributed by atoms with van der Waals surface area (Å²) in [6, 6.07) is 16.7. The summed E-state index contributed by atoms with van der Waals surface area (Å²) in [6.45, 7) is 1.81. The van der Waals surface area contributed by atoms with Crippen molar-refractivity contribution in [3.63, 3.8) is 0 Å². The van der Waals surface area contributed by atoms with E-state index in [1.165, 1.54) is 5.56 Å². The molecule has 0 heterocycles. The fourth-order valence-electron chi connectivity index (χ4n) is 1.78. The maximum atomic E-state index is 11.7. The van der Waals surface area contributed by atoms with E-state index in [0.29, 0.717) is 11.5 Å². The molecule has 0 radical (unpaired) electrons. The zero-order valence-electron chi connectivity index (χ0n) is 12.3. The maximum Gasteiger partial charge on any atom is 0.250 e. The molecule has 0 aromatic heterocycles. The van der Waals surface area contributed by atoms with Crippen molar-refractivity contribution in [3.05, 3.63) is 65.7 Å². The van der Waals surface area contributed by atoms with Crippen LogP contribution in [0.1, 0.15) is 18.1 Å². The highest BCUT2D eigenvalue weighted by Crippen LogP contribution is 2.12. The van der Waals surface area contributed by atoms with E-state index >= 15 is 0 Å². The standard InChI is InChI=1S/C17H18N2O2S/c1-13(15-7-9-16(20)10-8-15)18-19-17(21)12-22-11-14-5-3-2-4-6-14/h2-10,20H,11-12H2,1H3,(H,19,21)/b18-13-. The van der Waals surface area contributed by atoms with Gasteiger partial charge in [0, 0.05) is 5.75 Å². The number of thioether (sulfide) groups is 1. The Morgan fingerprint density at radius 2 is 1.82 bits per heavy atom. The lowest BCUT2D eigenvalue weighted by atomic mass is 10.1. The van der Waals surface area contributed by atoms with Gasteiger partial charge in [-0.15, -0.1) is 11.8 Å². The third-order valence-corrected chi connectivity index (χ3v) is 3.98. The van der Waals surface area contributed by atoms with Gasteiger partial charge in [-0.3, -0.25) is 4.79 Å². The van der Waals surface area contributed by atoms with E-state index in [2.05, 4.69) is 10.5 Å². The number of phenolic OH excluding ortho intramolecular Hbond substituents is 1. The average molecular weight is 314 g/mol. The van der Waals surface area contributed by atoms with Gasteiger partial charge in [-0.05, 0) is 42.3 Å². The molecule has 0 unspecified atom stereocenters. The minimum atomic E-state index is -0.126. The summed E-state index contributed by atoms with van der Waals surface area (Å²) in [5, 5.41) is 13.3. The van der Waals surface area contributed by atoms with Crippen molar-refractivity contribution in [1.82, 2.24) is 5.43 Å². The van der Waals surface area contributed by atoms with Gasteiger partial charge in [0.05, 0.1) is 11.5 Å². The number of carbonyl (C=O) groups is 1. The Hall–Kier alpha value is -2.27. The lowest BCUT2D eigenvalue weighted by Gasteiger charge is -2.04. The summed E-state index contributed by atoms with van der Waals surface area (Å²) in [5.74, 6) is 1.24. The van der Waals surface area contributed by atoms with E-state index in [0.717, 1.165) is 11.3 Å². The van der Waals surface area contributed by atoms with Crippen molar-refractivity contribution in [2.24, 2.45) is 5.10 Å². The quantitative estimate of drug-likeness (QED) is 0.636. The first kappa shape index (κ1) is 16.1. The number of amides is 1. The van der Waals surface area contributed by atoms with Gasteiger partial charge in [-0.25, -0.2) is 5.43 Å². The van der Waals surface area contributed by atoms with Gasteiger partial charge in [0.1, 0.15) is 5.75 Å². The van der Waals surface area contributed by atoms with Crippen LogP contribution < -0.4 is 5.43 Å². The largest absolute Gasteiger partial charge is 0.508 e. The molecule has 0 saturated heterocycles. The predicted molar refractivity (Wildman–Crippen MR) is 91.1 cm³/mol. The van der Waals surface area contributed by atoms with Crippen LogP contribution >= 0.6 is 11.8 Å². The number of nitrogens with zero attached hydrogens (tertiary/aromatic N) is 1. The molecule has 0 fully saturated rings. The number of carbonyl (C=O) groups excluding carboxylic acids is 1. The molecule has 4 nitrogen and oxygen atoms in total. The summed E-state index contributed by atoms with van der Waals surface area (Å²) in [5.41, 5.74) is 5.30. The fourth-order valence-corrected chi connectivity index (χ4v) is 2.56. The molecule has 2 rings (SSSR count). The topological polar surface area (TPSA) is 61.7 Å². The van der Waals surface area contributed by atoms with E-state index in [1.807, 2.05) is 37.3 Å². The van der Waals surface area contributed by atoms with E-state index in [1.54, 1.807) is 36.0 Å². The van der Waals surface area contributed by atoms with Gasteiger partial charge in [0.25, 0.3) is 0 Å². The highest BCUT2D eigenvalue weighted by atomic mass is 32.2. The van der Waals surface area contributed by atoms with E-state index in [-0.39, 0.29) is 11.7 Å². The summed E-state index contributed by atoms with van der Waals surface area (Å²) < 4.78 is 0. The van der Waals surface area contributed by atoms with Crippen LogP contribution in [0.25, 0.3) is 0 Å². The molecule has 0 saturated carbocycles. The summed E-state index contributed by atoms with van der Waals surface area (Å²) >= 11 is 1.55. The molecular formula is C17H18N2O2S. The Morgan fingerprint density at radius 3 is 2.50 bits per heavy atom. The van der Waals surface area contributed by atoms with Crippen LogP contribution in [0.3, 0.4) is 0 Å². The summed E-state index contributed by atoms with van der Waals surface area (Å²) in [4.78, 5) is 11.7. The van der Waals surface area contributed by atoms with Gasteiger partial charge in [-0.2, -0.15) is 5.10 Å². The first-order valence-corrected chi connectivity index (χ1v) is 8.05. The molecule has 2 aromatic carbocycles. The van der Waals surface area contributed by atoms with Gasteiger partial charge >= 0.3 is 0 Å². The number of hydrogen-bond acceptors (Lipinski definition) is 4. The van der Waals surface area contributed by atoms with Crippen LogP contribution in [-0.2, 0) is 10.5 Å². The van der Waals surface area contributed by atoms with Crippen LogP contribution in [0.5, 0.6) is 5.75 Å². The second kappa shape index (κ2) is 8.24. The third kappa shape index (κ3) is 5.26. The Morgan fingerprint density at radius 1 is 1.14 bits per heavy atom. The van der Waals surface area contributed by atoms with Crippen LogP contribution in [0.15, 0.2) is 59.7 Å². The Balaban J connectivity index is 1.77. The zero-order chi connectivity index (χ0) is 15.8. The molecule has 114 valence electrons. The van der Waals surface area contributed by atoms with Crippen molar-refractivity contribution < 1.29 is 9.90 Å².